The average Bonchev–Trinajstić information content (AvgIpc) is 2.53. The van der Waals surface area contributed by atoms with Crippen molar-refractivity contribution < 1.29 is 18.6 Å². The molecule has 122 valence electrons. The molecule has 0 aliphatic rings. The average molecular weight is 353 g/mol. The van der Waals surface area contributed by atoms with Gasteiger partial charge in [0.15, 0.2) is 0 Å². The molecule has 4 nitrogen and oxygen atoms in total. The minimum absolute atomic E-state index is 0.0862. The van der Waals surface area contributed by atoms with Crippen molar-refractivity contribution in [2.45, 2.75) is 13.5 Å². The fraction of sp³-hybridized carbons (Fsp3) is 0.235. The van der Waals surface area contributed by atoms with Crippen molar-refractivity contribution in [2.75, 3.05) is 6.16 Å². The molecule has 2 aromatic rings. The Morgan fingerprint density at radius 2 is 1.65 bits per heavy atom. The number of carbonyl (C=O) groups excluding carboxylic acids is 1. The maximum Gasteiger partial charge on any atom is 0.337 e. The Kier molecular flexibility index (Phi) is 6.26. The third kappa shape index (κ3) is 6.09. The van der Waals surface area contributed by atoms with E-state index in [1.54, 1.807) is 31.2 Å². The van der Waals surface area contributed by atoms with Crippen LogP contribution in [0.1, 0.15) is 12.5 Å². The number of hydrogen-bond donors (Lipinski definition) is 0. The molecular weight excluding hydrogens is 335 g/mol. The second-order valence-corrected chi connectivity index (χ2v) is 8.45. The molecule has 2 atom stereocenters. The topological polar surface area (TPSA) is 52.6 Å². The van der Waals surface area contributed by atoms with Crippen molar-refractivity contribution in [3.63, 3.8) is 0 Å². The molecule has 2 aromatic carbocycles. The first kappa shape index (κ1) is 17.6. The fourth-order valence-corrected chi connectivity index (χ4v) is 4.12. The predicted octanol–water partition coefficient (Wildman–Crippen LogP) is 4.88. The quantitative estimate of drug-likeness (QED) is 0.526. The van der Waals surface area contributed by atoms with E-state index in [2.05, 4.69) is 0 Å². The van der Waals surface area contributed by atoms with Crippen LogP contribution in [0, 0.1) is 5.92 Å². The van der Waals surface area contributed by atoms with Crippen molar-refractivity contribution in [1.29, 1.82) is 0 Å². The summed E-state index contributed by atoms with van der Waals surface area (Å²) in [5.41, 5.74) is 0.891. The molecule has 0 bridgehead atoms. The van der Waals surface area contributed by atoms with Gasteiger partial charge in [0, 0.05) is 0 Å². The minimum Gasteiger partial charge on any atom is -0.461 e. The third-order valence-electron chi connectivity index (χ3n) is 3.10. The van der Waals surface area contributed by atoms with Gasteiger partial charge in [0.2, 0.25) is 0 Å². The highest BCUT2D eigenvalue weighted by atomic mass is 35.7. The van der Waals surface area contributed by atoms with Crippen molar-refractivity contribution in [2.24, 2.45) is 5.92 Å². The molecule has 23 heavy (non-hydrogen) atoms. The highest BCUT2D eigenvalue weighted by Gasteiger charge is 2.29. The fourth-order valence-electron chi connectivity index (χ4n) is 1.95. The Labute approximate surface area is 140 Å². The largest absolute Gasteiger partial charge is 0.461 e. The molecule has 1 unspecified atom stereocenters. The summed E-state index contributed by atoms with van der Waals surface area (Å²) in [6.45, 7) is -1.65. The van der Waals surface area contributed by atoms with Gasteiger partial charge in [-0.05, 0) is 28.9 Å². The molecule has 0 radical (unpaired) electrons. The van der Waals surface area contributed by atoms with Crippen LogP contribution in [0.4, 0.5) is 0 Å². The lowest BCUT2D eigenvalue weighted by atomic mass is 10.2. The molecule has 0 aromatic heterocycles. The van der Waals surface area contributed by atoms with E-state index < -0.39 is 18.6 Å². The summed E-state index contributed by atoms with van der Waals surface area (Å²) >= 11 is 5.95. The van der Waals surface area contributed by atoms with Gasteiger partial charge in [0.05, 0.1) is 12.1 Å². The highest BCUT2D eigenvalue weighted by molar-refractivity contribution is 7.85. The van der Waals surface area contributed by atoms with Gasteiger partial charge in [0.1, 0.15) is 12.4 Å². The first-order chi connectivity index (χ1) is 11.0. The summed E-state index contributed by atoms with van der Waals surface area (Å²) in [6.07, 6.45) is -0.0862. The number of esters is 1. The van der Waals surface area contributed by atoms with Crippen molar-refractivity contribution in [1.82, 2.24) is 0 Å². The zero-order chi connectivity index (χ0) is 16.7. The maximum atomic E-state index is 12.3. The molecule has 6 heteroatoms. The lowest BCUT2D eigenvalue weighted by Gasteiger charge is -2.16. The summed E-state index contributed by atoms with van der Waals surface area (Å²) in [5.74, 6) is -0.659. The zero-order valence-electron chi connectivity index (χ0n) is 12.7. The number of rotatable bonds is 7. The Bertz CT molecular complexity index is 676. The van der Waals surface area contributed by atoms with Crippen LogP contribution in [0.2, 0.25) is 0 Å². The van der Waals surface area contributed by atoms with Crippen molar-refractivity contribution >= 4 is 23.9 Å². The molecule has 0 aliphatic carbocycles. The number of hydrogen-bond acceptors (Lipinski definition) is 4. The SMILES string of the molecule is C[C@H](CP(=O)(Cl)Oc1ccccc1)C(=O)OCc1ccccc1. The third-order valence-corrected chi connectivity index (χ3v) is 5.19. The molecule has 0 N–H and O–H groups in total. The van der Waals surface area contributed by atoms with E-state index in [1.165, 1.54) is 0 Å². The predicted molar refractivity (Wildman–Crippen MR) is 90.8 cm³/mol. The number of halogens is 1. The summed E-state index contributed by atoms with van der Waals surface area (Å²) in [5, 5.41) is 0. The molecule has 0 amide bonds. The van der Waals surface area contributed by atoms with Crippen LogP contribution < -0.4 is 4.52 Å². The first-order valence-corrected chi connectivity index (χ1v) is 9.92. The second kappa shape index (κ2) is 8.19. The zero-order valence-corrected chi connectivity index (χ0v) is 14.4. The van der Waals surface area contributed by atoms with E-state index in [1.807, 2.05) is 36.4 Å². The number of carbonyl (C=O) groups is 1. The minimum atomic E-state index is -3.45. The molecule has 0 saturated carbocycles. The second-order valence-electron chi connectivity index (χ2n) is 5.17. The smallest absolute Gasteiger partial charge is 0.337 e. The van der Waals surface area contributed by atoms with E-state index in [9.17, 15) is 9.36 Å². The van der Waals surface area contributed by atoms with E-state index >= 15 is 0 Å². The van der Waals surface area contributed by atoms with Crippen LogP contribution in [-0.4, -0.2) is 12.1 Å². The van der Waals surface area contributed by atoms with Crippen molar-refractivity contribution in [3.8, 4) is 5.75 Å². The Morgan fingerprint density at radius 3 is 2.26 bits per heavy atom. The van der Waals surface area contributed by atoms with Crippen LogP contribution >= 0.6 is 18.0 Å². The van der Waals surface area contributed by atoms with E-state index in [-0.39, 0.29) is 12.8 Å². The molecule has 0 spiro atoms. The van der Waals surface area contributed by atoms with Gasteiger partial charge in [0.25, 0.3) is 0 Å². The normalized spacial score (nSPS) is 14.5. The van der Waals surface area contributed by atoms with Crippen LogP contribution in [0.25, 0.3) is 0 Å². The van der Waals surface area contributed by atoms with Gasteiger partial charge in [-0.3, -0.25) is 9.36 Å². The molecule has 2 rings (SSSR count). The lowest BCUT2D eigenvalue weighted by Crippen LogP contribution is -2.18. The molecule has 0 saturated heterocycles. The van der Waals surface area contributed by atoms with Crippen LogP contribution in [0.3, 0.4) is 0 Å². The van der Waals surface area contributed by atoms with E-state index in [4.69, 9.17) is 20.5 Å². The van der Waals surface area contributed by atoms with E-state index in [0.717, 1.165) is 5.56 Å². The standard InChI is InChI=1S/C17H18ClO4P/c1-14(17(19)21-12-15-8-4-2-5-9-15)13-23(18,20)22-16-10-6-3-7-11-16/h2-11,14H,12-13H2,1H3/t14-,23?/m1/s1. The Balaban J connectivity index is 1.86. The Hall–Kier alpha value is -1.77. The van der Waals surface area contributed by atoms with Gasteiger partial charge in [-0.1, -0.05) is 55.5 Å². The summed E-state index contributed by atoms with van der Waals surface area (Å²) in [7, 11) is 0. The summed E-state index contributed by atoms with van der Waals surface area (Å²) in [6, 6.07) is 18.0. The Morgan fingerprint density at radius 1 is 1.09 bits per heavy atom. The van der Waals surface area contributed by atoms with Crippen LogP contribution in [-0.2, 0) is 20.7 Å². The summed E-state index contributed by atoms with van der Waals surface area (Å²) in [4.78, 5) is 12.0. The molecule has 0 fully saturated rings. The van der Waals surface area contributed by atoms with E-state index in [0.29, 0.717) is 5.75 Å². The monoisotopic (exact) mass is 352 g/mol. The van der Waals surface area contributed by atoms with Crippen LogP contribution in [0.5, 0.6) is 5.75 Å². The molecule has 0 heterocycles. The van der Waals surface area contributed by atoms with Gasteiger partial charge in [-0.25, -0.2) is 0 Å². The lowest BCUT2D eigenvalue weighted by molar-refractivity contribution is -0.148. The van der Waals surface area contributed by atoms with Gasteiger partial charge >= 0.3 is 12.7 Å². The van der Waals surface area contributed by atoms with Crippen molar-refractivity contribution in [3.05, 3.63) is 66.2 Å². The molecular formula is C17H18ClO4P. The number of ether oxygens (including phenoxy) is 1. The van der Waals surface area contributed by atoms with Crippen LogP contribution in [0.15, 0.2) is 60.7 Å². The first-order valence-electron chi connectivity index (χ1n) is 7.20. The maximum absolute atomic E-state index is 12.3. The molecule has 0 aliphatic heterocycles. The number of benzene rings is 2. The van der Waals surface area contributed by atoms with Gasteiger partial charge in [-0.15, -0.1) is 0 Å². The van der Waals surface area contributed by atoms with Gasteiger partial charge in [-0.2, -0.15) is 0 Å². The number of para-hydroxylation sites is 1. The van der Waals surface area contributed by atoms with Gasteiger partial charge < -0.3 is 9.26 Å². The summed E-state index contributed by atoms with van der Waals surface area (Å²) < 4.78 is 22.8. The highest BCUT2D eigenvalue weighted by Crippen LogP contribution is 2.53.